The number of nitrogens with two attached hydrogens (primary N) is 1. The summed E-state index contributed by atoms with van der Waals surface area (Å²) >= 11 is 0. The average Bonchev–Trinajstić information content (AvgIpc) is 2.71. The van der Waals surface area contributed by atoms with Crippen LogP contribution in [0.5, 0.6) is 0 Å². The van der Waals surface area contributed by atoms with E-state index in [0.29, 0.717) is 26.4 Å². The fourth-order valence-electron chi connectivity index (χ4n) is 3.48. The number of benzene rings is 1. The molecule has 1 aromatic carbocycles. The van der Waals surface area contributed by atoms with Crippen LogP contribution in [0.4, 0.5) is 0 Å². The van der Waals surface area contributed by atoms with E-state index < -0.39 is 6.04 Å². The third-order valence-corrected chi connectivity index (χ3v) is 5.19. The Balaban J connectivity index is 0.00000261. The Labute approximate surface area is 167 Å². The largest absolute Gasteiger partial charge is 0.381 e. The third-order valence-electron chi connectivity index (χ3n) is 5.19. The van der Waals surface area contributed by atoms with Crippen molar-refractivity contribution in [2.45, 2.75) is 51.0 Å². The van der Waals surface area contributed by atoms with Crippen LogP contribution < -0.4 is 11.1 Å². The highest BCUT2D eigenvalue weighted by Crippen LogP contribution is 2.18. The van der Waals surface area contributed by atoms with E-state index in [0.717, 1.165) is 50.0 Å². The van der Waals surface area contributed by atoms with Gasteiger partial charge < -0.3 is 25.3 Å². The van der Waals surface area contributed by atoms with Crippen molar-refractivity contribution in [1.82, 2.24) is 5.32 Å². The molecule has 7 heteroatoms. The predicted molar refractivity (Wildman–Crippen MR) is 106 cm³/mol. The molecule has 0 spiro atoms. The summed E-state index contributed by atoms with van der Waals surface area (Å²) in [5.74, 6) is 0.128. The second-order valence-electron chi connectivity index (χ2n) is 7.14. The highest BCUT2D eigenvalue weighted by atomic mass is 35.5. The minimum absolute atomic E-state index is 0. The molecule has 0 bridgehead atoms. The first-order valence-corrected chi connectivity index (χ1v) is 9.60. The van der Waals surface area contributed by atoms with Crippen molar-refractivity contribution < 1.29 is 19.0 Å². The normalized spacial score (nSPS) is 19.9. The quantitative estimate of drug-likeness (QED) is 0.735. The zero-order valence-electron chi connectivity index (χ0n) is 15.7. The van der Waals surface area contributed by atoms with Crippen LogP contribution in [0.15, 0.2) is 24.3 Å². The molecule has 2 aliphatic heterocycles. The van der Waals surface area contributed by atoms with Gasteiger partial charge in [0.1, 0.15) is 0 Å². The van der Waals surface area contributed by atoms with Gasteiger partial charge in [-0.25, -0.2) is 0 Å². The molecule has 2 aliphatic rings. The molecule has 1 atom stereocenters. The van der Waals surface area contributed by atoms with Crippen molar-refractivity contribution in [2.24, 2.45) is 11.7 Å². The van der Waals surface area contributed by atoms with Gasteiger partial charge in [-0.15, -0.1) is 12.4 Å². The number of amides is 1. The number of halogens is 1. The Kier molecular flexibility index (Phi) is 9.51. The van der Waals surface area contributed by atoms with Gasteiger partial charge in [0.15, 0.2) is 0 Å². The Hall–Kier alpha value is -1.18. The topological polar surface area (TPSA) is 82.8 Å². The van der Waals surface area contributed by atoms with Crippen molar-refractivity contribution >= 4 is 18.3 Å². The fraction of sp³-hybridized carbons (Fsp3) is 0.650. The van der Waals surface area contributed by atoms with Gasteiger partial charge in [0, 0.05) is 33.0 Å². The van der Waals surface area contributed by atoms with Gasteiger partial charge >= 0.3 is 0 Å². The summed E-state index contributed by atoms with van der Waals surface area (Å²) in [5, 5.41) is 2.97. The zero-order valence-corrected chi connectivity index (χ0v) is 16.5. The summed E-state index contributed by atoms with van der Waals surface area (Å²) in [6.45, 7) is 4.03. The third kappa shape index (κ3) is 7.05. The number of ether oxygens (including phenoxy) is 3. The standard InChI is InChI=1S/C20H30N2O4.ClH/c21-19(17-4-8-24-9-5-17)20(23)22-13-15-2-1-3-16(12-15)14-26-18-6-10-25-11-7-18;/h1-3,12,17-19H,4-11,13-14,21H2,(H,22,23);1H. The molecule has 0 radical (unpaired) electrons. The molecular formula is C20H31ClN2O4. The Bertz CT molecular complexity index is 575. The molecule has 27 heavy (non-hydrogen) atoms. The SMILES string of the molecule is Cl.NC(C(=O)NCc1cccc(COC2CCOCC2)c1)C1CCOCC1. The number of carbonyl (C=O) groups is 1. The van der Waals surface area contributed by atoms with Crippen LogP contribution in [0.25, 0.3) is 0 Å². The monoisotopic (exact) mass is 398 g/mol. The number of carbonyl (C=O) groups excluding carboxylic acids is 1. The summed E-state index contributed by atoms with van der Waals surface area (Å²) < 4.78 is 16.7. The van der Waals surface area contributed by atoms with Crippen molar-refractivity contribution in [1.29, 1.82) is 0 Å². The van der Waals surface area contributed by atoms with Gasteiger partial charge in [-0.05, 0) is 42.7 Å². The first kappa shape index (κ1) is 22.1. The molecule has 1 unspecified atom stereocenters. The van der Waals surface area contributed by atoms with Crippen molar-refractivity contribution in [3.05, 3.63) is 35.4 Å². The lowest BCUT2D eigenvalue weighted by Crippen LogP contribution is -2.46. The van der Waals surface area contributed by atoms with Gasteiger partial charge in [-0.1, -0.05) is 24.3 Å². The van der Waals surface area contributed by atoms with E-state index in [9.17, 15) is 4.79 Å². The van der Waals surface area contributed by atoms with Crippen molar-refractivity contribution in [3.8, 4) is 0 Å². The highest BCUT2D eigenvalue weighted by Gasteiger charge is 2.26. The summed E-state index contributed by atoms with van der Waals surface area (Å²) in [5.41, 5.74) is 8.30. The minimum Gasteiger partial charge on any atom is -0.381 e. The van der Waals surface area contributed by atoms with Gasteiger partial charge in [-0.2, -0.15) is 0 Å². The lowest BCUT2D eigenvalue weighted by atomic mass is 9.92. The lowest BCUT2D eigenvalue weighted by molar-refractivity contribution is -0.124. The van der Waals surface area contributed by atoms with E-state index in [1.165, 1.54) is 0 Å². The van der Waals surface area contributed by atoms with E-state index >= 15 is 0 Å². The summed E-state index contributed by atoms with van der Waals surface area (Å²) in [4.78, 5) is 12.3. The maximum atomic E-state index is 12.3. The molecule has 2 fully saturated rings. The van der Waals surface area contributed by atoms with Crippen LogP contribution in [0, 0.1) is 5.92 Å². The average molecular weight is 399 g/mol. The summed E-state index contributed by atoms with van der Waals surface area (Å²) in [7, 11) is 0. The Morgan fingerprint density at radius 2 is 1.74 bits per heavy atom. The second-order valence-corrected chi connectivity index (χ2v) is 7.14. The molecule has 3 rings (SSSR count). The number of hydrogen-bond donors (Lipinski definition) is 2. The van der Waals surface area contributed by atoms with Crippen molar-refractivity contribution in [2.75, 3.05) is 26.4 Å². The molecule has 2 heterocycles. The Morgan fingerprint density at radius 1 is 1.11 bits per heavy atom. The lowest BCUT2D eigenvalue weighted by Gasteiger charge is -2.26. The van der Waals surface area contributed by atoms with Crippen LogP contribution in [0.3, 0.4) is 0 Å². The first-order chi connectivity index (χ1) is 12.7. The van der Waals surface area contributed by atoms with Crippen LogP contribution >= 0.6 is 12.4 Å². The van der Waals surface area contributed by atoms with Crippen LogP contribution in [-0.2, 0) is 32.2 Å². The predicted octanol–water partition coefficient (Wildman–Crippen LogP) is 2.17. The van der Waals surface area contributed by atoms with Crippen molar-refractivity contribution in [3.63, 3.8) is 0 Å². The van der Waals surface area contributed by atoms with Gasteiger partial charge in [0.2, 0.25) is 5.91 Å². The number of hydrogen-bond acceptors (Lipinski definition) is 5. The molecule has 6 nitrogen and oxygen atoms in total. The molecule has 152 valence electrons. The highest BCUT2D eigenvalue weighted by molar-refractivity contribution is 5.85. The number of nitrogens with one attached hydrogen (secondary N) is 1. The molecule has 1 amide bonds. The minimum atomic E-state index is -0.459. The molecule has 3 N–H and O–H groups in total. The van der Waals surface area contributed by atoms with Crippen LogP contribution in [0.1, 0.15) is 36.8 Å². The van der Waals surface area contributed by atoms with E-state index in [4.69, 9.17) is 19.9 Å². The summed E-state index contributed by atoms with van der Waals surface area (Å²) in [6.07, 6.45) is 3.91. The molecule has 0 aliphatic carbocycles. The molecule has 2 saturated heterocycles. The molecule has 0 aromatic heterocycles. The van der Waals surface area contributed by atoms with E-state index in [-0.39, 0.29) is 30.3 Å². The molecule has 0 saturated carbocycles. The van der Waals surface area contributed by atoms with E-state index in [1.807, 2.05) is 12.1 Å². The smallest absolute Gasteiger partial charge is 0.237 e. The zero-order chi connectivity index (χ0) is 18.2. The van der Waals surface area contributed by atoms with Gasteiger partial charge in [0.25, 0.3) is 0 Å². The maximum absolute atomic E-state index is 12.3. The van der Waals surface area contributed by atoms with Crippen LogP contribution in [0.2, 0.25) is 0 Å². The van der Waals surface area contributed by atoms with Gasteiger partial charge in [0.05, 0.1) is 18.8 Å². The van der Waals surface area contributed by atoms with E-state index in [1.54, 1.807) is 0 Å². The molecular weight excluding hydrogens is 368 g/mol. The molecule has 1 aromatic rings. The van der Waals surface area contributed by atoms with Crippen LogP contribution in [-0.4, -0.2) is 44.5 Å². The van der Waals surface area contributed by atoms with E-state index in [2.05, 4.69) is 17.4 Å². The maximum Gasteiger partial charge on any atom is 0.237 e. The second kappa shape index (κ2) is 11.6. The summed E-state index contributed by atoms with van der Waals surface area (Å²) in [6, 6.07) is 7.69. The first-order valence-electron chi connectivity index (χ1n) is 9.60. The Morgan fingerprint density at radius 3 is 2.44 bits per heavy atom. The fourth-order valence-corrected chi connectivity index (χ4v) is 3.48. The van der Waals surface area contributed by atoms with Gasteiger partial charge in [-0.3, -0.25) is 4.79 Å². The number of rotatable bonds is 7.